The number of aliphatic hydroxyl groups is 1. The summed E-state index contributed by atoms with van der Waals surface area (Å²) < 4.78 is 5.26. The van der Waals surface area contributed by atoms with E-state index in [0.717, 1.165) is 10.9 Å². The highest BCUT2D eigenvalue weighted by molar-refractivity contribution is 6.04. The molecule has 1 N–H and O–H groups in total. The van der Waals surface area contributed by atoms with E-state index in [0.29, 0.717) is 18.0 Å². The fraction of sp³-hybridized carbons (Fsp3) is 0.286. The molecule has 2 aromatic rings. The predicted octanol–water partition coefficient (Wildman–Crippen LogP) is 1.34. The molecule has 0 aliphatic carbocycles. The predicted molar refractivity (Wildman–Crippen MR) is 71.3 cm³/mol. The van der Waals surface area contributed by atoms with Gasteiger partial charge >= 0.3 is 0 Å². The van der Waals surface area contributed by atoms with Crippen molar-refractivity contribution in [1.82, 2.24) is 4.98 Å². The number of aromatic nitrogens is 1. The molecule has 5 nitrogen and oxygen atoms in total. The van der Waals surface area contributed by atoms with Gasteiger partial charge in [0.25, 0.3) is 0 Å². The Bertz CT molecular complexity index is 642. The highest BCUT2D eigenvalue weighted by atomic mass is 16.5. The van der Waals surface area contributed by atoms with Crippen molar-refractivity contribution in [3.63, 3.8) is 0 Å². The van der Waals surface area contributed by atoms with Crippen LogP contribution in [0.2, 0.25) is 0 Å². The summed E-state index contributed by atoms with van der Waals surface area (Å²) in [6.07, 6.45) is 1.23. The second-order valence-corrected chi connectivity index (χ2v) is 4.58. The molecule has 1 aliphatic rings. The Kier molecular flexibility index (Phi) is 2.83. The lowest BCUT2D eigenvalue weighted by Crippen LogP contribution is -2.25. The van der Waals surface area contributed by atoms with Crippen LogP contribution < -0.4 is 9.64 Å². The highest BCUT2D eigenvalue weighted by Gasteiger charge is 2.30. The number of aliphatic hydroxyl groups excluding tert-OH is 1. The van der Waals surface area contributed by atoms with Gasteiger partial charge in [-0.15, -0.1) is 0 Å². The van der Waals surface area contributed by atoms with Crippen molar-refractivity contribution in [2.45, 2.75) is 12.5 Å². The largest absolute Gasteiger partial charge is 0.497 e. The van der Waals surface area contributed by atoms with Crippen LogP contribution in [0.4, 0.5) is 5.69 Å². The number of methoxy groups -OCH3 is 1. The molecule has 1 saturated heterocycles. The Morgan fingerprint density at radius 2 is 2.32 bits per heavy atom. The van der Waals surface area contributed by atoms with E-state index in [9.17, 15) is 9.90 Å². The molecule has 2 heterocycles. The lowest BCUT2D eigenvalue weighted by molar-refractivity contribution is -0.117. The summed E-state index contributed by atoms with van der Waals surface area (Å²) in [6, 6.07) is 7.42. The molecule has 1 aromatic carbocycles. The van der Waals surface area contributed by atoms with Crippen LogP contribution in [0.15, 0.2) is 30.5 Å². The quantitative estimate of drug-likeness (QED) is 0.883. The lowest BCUT2D eigenvalue weighted by Gasteiger charge is -2.18. The normalized spacial score (nSPS) is 19.2. The SMILES string of the molecule is COc1cc(N2CC(O)CC2=O)c2ncccc2c1. The number of anilines is 1. The smallest absolute Gasteiger partial charge is 0.229 e. The van der Waals surface area contributed by atoms with Gasteiger partial charge in [-0.1, -0.05) is 6.07 Å². The Morgan fingerprint density at radius 3 is 3.00 bits per heavy atom. The fourth-order valence-corrected chi connectivity index (χ4v) is 2.39. The topological polar surface area (TPSA) is 62.7 Å². The molecule has 0 bridgehead atoms. The van der Waals surface area contributed by atoms with Gasteiger partial charge in [0.05, 0.1) is 37.4 Å². The van der Waals surface area contributed by atoms with E-state index < -0.39 is 6.10 Å². The van der Waals surface area contributed by atoms with Gasteiger partial charge in [0.2, 0.25) is 5.91 Å². The van der Waals surface area contributed by atoms with E-state index in [1.54, 1.807) is 24.3 Å². The van der Waals surface area contributed by atoms with E-state index in [-0.39, 0.29) is 12.3 Å². The molecule has 1 amide bonds. The number of rotatable bonds is 2. The van der Waals surface area contributed by atoms with Gasteiger partial charge < -0.3 is 14.7 Å². The molecule has 5 heteroatoms. The van der Waals surface area contributed by atoms with Crippen LogP contribution in [-0.4, -0.2) is 35.8 Å². The third kappa shape index (κ3) is 2.02. The van der Waals surface area contributed by atoms with Crippen molar-refractivity contribution >= 4 is 22.5 Å². The zero-order valence-corrected chi connectivity index (χ0v) is 10.5. The molecule has 1 unspecified atom stereocenters. The standard InChI is InChI=1S/C14H14N2O3/c1-19-11-5-9-3-2-4-15-14(9)12(7-11)16-8-10(17)6-13(16)18/h2-5,7,10,17H,6,8H2,1H3. The summed E-state index contributed by atoms with van der Waals surface area (Å²) in [5, 5.41) is 10.5. The zero-order valence-electron chi connectivity index (χ0n) is 10.5. The van der Waals surface area contributed by atoms with Crippen LogP contribution >= 0.6 is 0 Å². The number of ether oxygens (including phenoxy) is 1. The number of carbonyl (C=O) groups is 1. The first kappa shape index (κ1) is 11.9. The summed E-state index contributed by atoms with van der Waals surface area (Å²) in [4.78, 5) is 17.8. The molecule has 19 heavy (non-hydrogen) atoms. The molecule has 0 saturated carbocycles. The zero-order chi connectivity index (χ0) is 13.4. The maximum absolute atomic E-state index is 11.9. The average Bonchev–Trinajstić information content (AvgIpc) is 2.76. The van der Waals surface area contributed by atoms with Crippen molar-refractivity contribution < 1.29 is 14.6 Å². The van der Waals surface area contributed by atoms with E-state index in [2.05, 4.69) is 4.98 Å². The van der Waals surface area contributed by atoms with E-state index >= 15 is 0 Å². The maximum atomic E-state index is 11.9. The number of β-amino-alcohol motifs (C(OH)–C–C–N with tert-alkyl or cyclic N) is 1. The van der Waals surface area contributed by atoms with Crippen LogP contribution in [0, 0.1) is 0 Å². The van der Waals surface area contributed by atoms with E-state index in [4.69, 9.17) is 4.74 Å². The number of amides is 1. The number of hydrogen-bond acceptors (Lipinski definition) is 4. The van der Waals surface area contributed by atoms with Gasteiger partial charge in [-0.25, -0.2) is 0 Å². The number of carbonyl (C=O) groups excluding carboxylic acids is 1. The van der Waals surface area contributed by atoms with Gasteiger partial charge in [0.15, 0.2) is 0 Å². The Hall–Kier alpha value is -2.14. The minimum Gasteiger partial charge on any atom is -0.497 e. The molecule has 98 valence electrons. The molecule has 3 rings (SSSR count). The van der Waals surface area contributed by atoms with E-state index in [1.165, 1.54) is 0 Å². The van der Waals surface area contributed by atoms with Gasteiger partial charge in [-0.2, -0.15) is 0 Å². The highest BCUT2D eigenvalue weighted by Crippen LogP contribution is 2.32. The van der Waals surface area contributed by atoms with Crippen molar-refractivity contribution in [3.8, 4) is 5.75 Å². The third-order valence-corrected chi connectivity index (χ3v) is 3.29. The number of pyridine rings is 1. The van der Waals surface area contributed by atoms with Crippen molar-refractivity contribution in [2.75, 3.05) is 18.6 Å². The summed E-state index contributed by atoms with van der Waals surface area (Å²) in [7, 11) is 1.59. The molecular weight excluding hydrogens is 244 g/mol. The number of benzene rings is 1. The summed E-state index contributed by atoms with van der Waals surface area (Å²) >= 11 is 0. The minimum absolute atomic E-state index is 0.0901. The number of fused-ring (bicyclic) bond motifs is 1. The lowest BCUT2D eigenvalue weighted by atomic mass is 10.1. The van der Waals surface area contributed by atoms with Gasteiger partial charge in [0.1, 0.15) is 5.75 Å². The number of hydrogen-bond donors (Lipinski definition) is 1. The van der Waals surface area contributed by atoms with E-state index in [1.807, 2.05) is 18.2 Å². The monoisotopic (exact) mass is 258 g/mol. The minimum atomic E-state index is -0.613. The maximum Gasteiger partial charge on any atom is 0.229 e. The van der Waals surface area contributed by atoms with Crippen LogP contribution in [0.5, 0.6) is 5.75 Å². The summed E-state index contributed by atoms with van der Waals surface area (Å²) in [5.74, 6) is 0.581. The molecule has 1 aliphatic heterocycles. The Balaban J connectivity index is 2.18. The average molecular weight is 258 g/mol. The summed E-state index contributed by atoms with van der Waals surface area (Å²) in [5.41, 5.74) is 1.43. The van der Waals surface area contributed by atoms with Gasteiger partial charge in [0, 0.05) is 17.6 Å². The number of nitrogens with zero attached hydrogens (tertiary/aromatic N) is 2. The van der Waals surface area contributed by atoms with Crippen molar-refractivity contribution in [1.29, 1.82) is 0 Å². The van der Waals surface area contributed by atoms with Crippen molar-refractivity contribution in [2.24, 2.45) is 0 Å². The first-order chi connectivity index (χ1) is 9.19. The molecule has 0 spiro atoms. The first-order valence-corrected chi connectivity index (χ1v) is 6.10. The second kappa shape index (κ2) is 4.51. The summed E-state index contributed by atoms with van der Waals surface area (Å²) in [6.45, 7) is 0.303. The van der Waals surface area contributed by atoms with Gasteiger partial charge in [-0.05, 0) is 12.1 Å². The molecular formula is C14H14N2O3. The van der Waals surface area contributed by atoms with Crippen LogP contribution in [0.3, 0.4) is 0 Å². The molecule has 0 radical (unpaired) electrons. The van der Waals surface area contributed by atoms with Crippen LogP contribution in [0.1, 0.15) is 6.42 Å². The molecule has 1 fully saturated rings. The van der Waals surface area contributed by atoms with Crippen molar-refractivity contribution in [3.05, 3.63) is 30.5 Å². The third-order valence-electron chi connectivity index (χ3n) is 3.29. The van der Waals surface area contributed by atoms with Crippen LogP contribution in [-0.2, 0) is 4.79 Å². The van der Waals surface area contributed by atoms with Crippen LogP contribution in [0.25, 0.3) is 10.9 Å². The van der Waals surface area contributed by atoms with Gasteiger partial charge in [-0.3, -0.25) is 9.78 Å². The molecule has 1 atom stereocenters. The first-order valence-electron chi connectivity index (χ1n) is 6.10. The fourth-order valence-electron chi connectivity index (χ4n) is 2.39. The Morgan fingerprint density at radius 1 is 1.47 bits per heavy atom. The molecule has 1 aromatic heterocycles. The Labute approximate surface area is 110 Å². The second-order valence-electron chi connectivity index (χ2n) is 4.58.